The van der Waals surface area contributed by atoms with E-state index in [1.807, 2.05) is 0 Å². The standard InChI is InChI=1S/C28H42N4O/c29-21-25(28(33)31-27-15-11-6-4-2-1-3-5-7-12-16-27)22-30-26-17-19-32(20-18-26)23-24-13-9-8-10-14-24/h8-10,13-14,22,26-27,30H,1-7,11-12,15-20,23H2,(H,31,33)/b25-22-. The predicted molar refractivity (Wildman–Crippen MR) is 134 cm³/mol. The molecule has 1 saturated carbocycles. The van der Waals surface area contributed by atoms with E-state index < -0.39 is 0 Å². The van der Waals surface area contributed by atoms with Crippen molar-refractivity contribution in [1.29, 1.82) is 5.26 Å². The first-order chi connectivity index (χ1) is 16.2. The van der Waals surface area contributed by atoms with Crippen molar-refractivity contribution in [3.8, 4) is 6.07 Å². The van der Waals surface area contributed by atoms with Gasteiger partial charge in [0.2, 0.25) is 0 Å². The van der Waals surface area contributed by atoms with Crippen LogP contribution in [0.1, 0.15) is 89.0 Å². The molecule has 0 spiro atoms. The highest BCUT2D eigenvalue weighted by Gasteiger charge is 2.20. The number of nitriles is 1. The van der Waals surface area contributed by atoms with Crippen LogP contribution in [0.25, 0.3) is 0 Å². The van der Waals surface area contributed by atoms with Gasteiger partial charge in [0.15, 0.2) is 0 Å². The molecule has 0 radical (unpaired) electrons. The summed E-state index contributed by atoms with van der Waals surface area (Å²) < 4.78 is 0. The van der Waals surface area contributed by atoms with Crippen molar-refractivity contribution in [2.75, 3.05) is 13.1 Å². The van der Waals surface area contributed by atoms with Crippen molar-refractivity contribution >= 4 is 5.91 Å². The predicted octanol–water partition coefficient (Wildman–Crippen LogP) is 5.44. The lowest BCUT2D eigenvalue weighted by atomic mass is 9.97. The van der Waals surface area contributed by atoms with Crippen molar-refractivity contribution in [2.45, 2.75) is 102 Å². The van der Waals surface area contributed by atoms with E-state index >= 15 is 0 Å². The van der Waals surface area contributed by atoms with Crippen LogP contribution in [0.15, 0.2) is 42.1 Å². The highest BCUT2D eigenvalue weighted by atomic mass is 16.1. The summed E-state index contributed by atoms with van der Waals surface area (Å²) in [5.74, 6) is -0.219. The fraction of sp³-hybridized carbons (Fsp3) is 0.643. The van der Waals surface area contributed by atoms with Crippen LogP contribution in [0.5, 0.6) is 0 Å². The third kappa shape index (κ3) is 9.60. The quantitative estimate of drug-likeness (QED) is 0.447. The lowest BCUT2D eigenvalue weighted by Gasteiger charge is -2.32. The van der Waals surface area contributed by atoms with Crippen LogP contribution in [-0.4, -0.2) is 36.0 Å². The van der Waals surface area contributed by atoms with Gasteiger partial charge in [0.1, 0.15) is 11.6 Å². The van der Waals surface area contributed by atoms with Crippen molar-refractivity contribution in [3.05, 3.63) is 47.7 Å². The Morgan fingerprint density at radius 3 is 2.03 bits per heavy atom. The van der Waals surface area contributed by atoms with Gasteiger partial charge in [-0.2, -0.15) is 5.26 Å². The largest absolute Gasteiger partial charge is 0.387 e. The minimum Gasteiger partial charge on any atom is -0.387 e. The number of likely N-dealkylation sites (tertiary alicyclic amines) is 1. The number of nitrogens with zero attached hydrogens (tertiary/aromatic N) is 2. The van der Waals surface area contributed by atoms with E-state index in [2.05, 4.69) is 51.9 Å². The van der Waals surface area contributed by atoms with E-state index in [-0.39, 0.29) is 17.5 Å². The lowest BCUT2D eigenvalue weighted by Crippen LogP contribution is -2.41. The second kappa shape index (κ2) is 14.8. The van der Waals surface area contributed by atoms with Gasteiger partial charge in [0.25, 0.3) is 5.91 Å². The van der Waals surface area contributed by atoms with E-state index in [0.717, 1.165) is 58.2 Å². The first kappa shape index (κ1) is 25.3. The maximum absolute atomic E-state index is 12.8. The van der Waals surface area contributed by atoms with E-state index in [1.165, 1.54) is 50.5 Å². The maximum Gasteiger partial charge on any atom is 0.263 e. The van der Waals surface area contributed by atoms with Gasteiger partial charge in [-0.15, -0.1) is 0 Å². The van der Waals surface area contributed by atoms with Crippen LogP contribution in [-0.2, 0) is 11.3 Å². The molecule has 1 heterocycles. The summed E-state index contributed by atoms with van der Waals surface area (Å²) in [5.41, 5.74) is 1.55. The summed E-state index contributed by atoms with van der Waals surface area (Å²) in [4.78, 5) is 15.3. The molecule has 33 heavy (non-hydrogen) atoms. The van der Waals surface area contributed by atoms with E-state index in [4.69, 9.17) is 0 Å². The number of nitrogens with one attached hydrogen (secondary N) is 2. The molecular weight excluding hydrogens is 408 g/mol. The van der Waals surface area contributed by atoms with Crippen molar-refractivity contribution < 1.29 is 4.79 Å². The number of piperidine rings is 1. The Kier molecular flexibility index (Phi) is 11.3. The maximum atomic E-state index is 12.8. The highest BCUT2D eigenvalue weighted by molar-refractivity contribution is 5.97. The fourth-order valence-corrected chi connectivity index (χ4v) is 5.02. The van der Waals surface area contributed by atoms with Gasteiger partial charge in [-0.05, 0) is 31.2 Å². The SMILES string of the molecule is N#C/C(=C/NC1CCN(Cc2ccccc2)CC1)C(=O)NC1CCCCCCCCCCC1. The average Bonchev–Trinajstić information content (AvgIpc) is 2.83. The molecule has 1 saturated heterocycles. The lowest BCUT2D eigenvalue weighted by molar-refractivity contribution is -0.117. The molecule has 1 aromatic rings. The van der Waals surface area contributed by atoms with E-state index in [9.17, 15) is 10.1 Å². The third-order valence-corrected chi connectivity index (χ3v) is 7.11. The molecule has 2 fully saturated rings. The molecule has 0 aromatic heterocycles. The Balaban J connectivity index is 1.43. The van der Waals surface area contributed by atoms with E-state index in [1.54, 1.807) is 6.20 Å². The molecule has 0 unspecified atom stereocenters. The van der Waals surface area contributed by atoms with Crippen LogP contribution in [0.2, 0.25) is 0 Å². The van der Waals surface area contributed by atoms with E-state index in [0.29, 0.717) is 6.04 Å². The van der Waals surface area contributed by atoms with Gasteiger partial charge < -0.3 is 10.6 Å². The van der Waals surface area contributed by atoms with Gasteiger partial charge in [-0.3, -0.25) is 9.69 Å². The first-order valence-electron chi connectivity index (χ1n) is 13.2. The highest BCUT2D eigenvalue weighted by Crippen LogP contribution is 2.18. The van der Waals surface area contributed by atoms with Crippen LogP contribution < -0.4 is 10.6 Å². The summed E-state index contributed by atoms with van der Waals surface area (Å²) in [6, 6.07) is 13.2. The minimum absolute atomic E-state index is 0.190. The second-order valence-corrected chi connectivity index (χ2v) is 9.80. The Morgan fingerprint density at radius 2 is 1.45 bits per heavy atom. The first-order valence-corrected chi connectivity index (χ1v) is 13.2. The molecule has 1 aromatic carbocycles. The van der Waals surface area contributed by atoms with Crippen LogP contribution in [0, 0.1) is 11.3 Å². The van der Waals surface area contributed by atoms with Crippen LogP contribution in [0.4, 0.5) is 0 Å². The number of carbonyl (C=O) groups excluding carboxylic acids is 1. The molecule has 1 amide bonds. The number of rotatable bonds is 6. The Hall–Kier alpha value is -2.32. The summed E-state index contributed by atoms with van der Waals surface area (Å²) in [5, 5.41) is 16.1. The minimum atomic E-state index is -0.219. The molecule has 1 aliphatic carbocycles. The van der Waals surface area contributed by atoms with Crippen molar-refractivity contribution in [2.24, 2.45) is 0 Å². The number of carbonyl (C=O) groups is 1. The number of benzene rings is 1. The Morgan fingerprint density at radius 1 is 0.879 bits per heavy atom. The third-order valence-electron chi connectivity index (χ3n) is 7.11. The molecule has 0 bridgehead atoms. The smallest absolute Gasteiger partial charge is 0.263 e. The Labute approximate surface area is 200 Å². The van der Waals surface area contributed by atoms with Gasteiger partial charge in [0.05, 0.1) is 0 Å². The number of hydrogen-bond acceptors (Lipinski definition) is 4. The zero-order valence-corrected chi connectivity index (χ0v) is 20.2. The molecule has 2 aliphatic rings. The molecule has 1 aliphatic heterocycles. The summed E-state index contributed by atoms with van der Waals surface area (Å²) >= 11 is 0. The number of hydrogen-bond donors (Lipinski definition) is 2. The van der Waals surface area contributed by atoms with Crippen LogP contribution >= 0.6 is 0 Å². The van der Waals surface area contributed by atoms with Gasteiger partial charge >= 0.3 is 0 Å². The molecular formula is C28H42N4O. The fourth-order valence-electron chi connectivity index (χ4n) is 5.02. The summed E-state index contributed by atoms with van der Waals surface area (Å²) in [7, 11) is 0. The molecule has 180 valence electrons. The topological polar surface area (TPSA) is 68.2 Å². The van der Waals surface area contributed by atoms with Crippen molar-refractivity contribution in [1.82, 2.24) is 15.5 Å². The zero-order valence-electron chi connectivity index (χ0n) is 20.2. The summed E-state index contributed by atoms with van der Waals surface area (Å²) in [6.45, 7) is 3.03. The second-order valence-electron chi connectivity index (χ2n) is 9.80. The zero-order chi connectivity index (χ0) is 23.1. The monoisotopic (exact) mass is 450 g/mol. The Bertz CT molecular complexity index is 750. The molecule has 5 nitrogen and oxygen atoms in total. The number of amides is 1. The molecule has 2 N–H and O–H groups in total. The van der Waals surface area contributed by atoms with Crippen LogP contribution in [0.3, 0.4) is 0 Å². The van der Waals surface area contributed by atoms with Crippen molar-refractivity contribution in [3.63, 3.8) is 0 Å². The van der Waals surface area contributed by atoms with Gasteiger partial charge in [0, 0.05) is 37.9 Å². The van der Waals surface area contributed by atoms with Gasteiger partial charge in [-0.25, -0.2) is 0 Å². The molecule has 3 rings (SSSR count). The summed E-state index contributed by atoms with van der Waals surface area (Å²) in [6.07, 6.45) is 17.2. The average molecular weight is 451 g/mol. The molecule has 5 heteroatoms. The normalized spacial score (nSPS) is 20.8. The van der Waals surface area contributed by atoms with Gasteiger partial charge in [-0.1, -0.05) is 88.1 Å². The molecule has 0 atom stereocenters.